The van der Waals surface area contributed by atoms with Crippen molar-refractivity contribution in [2.45, 2.75) is 52.1 Å². The monoisotopic (exact) mass is 280 g/mol. The molecule has 0 saturated carbocycles. The van der Waals surface area contributed by atoms with Crippen molar-refractivity contribution in [3.63, 3.8) is 0 Å². The Morgan fingerprint density at radius 2 is 2.00 bits per heavy atom. The number of nitrogens with zero attached hydrogens (tertiary/aromatic N) is 1. The van der Waals surface area contributed by atoms with E-state index in [1.807, 2.05) is 11.3 Å². The largest absolute Gasteiger partial charge is 0.311 e. The first-order valence-electron chi connectivity index (χ1n) is 7.54. The summed E-state index contributed by atoms with van der Waals surface area (Å²) in [6.45, 7) is 9.39. The molecule has 0 aromatic carbocycles. The van der Waals surface area contributed by atoms with Gasteiger partial charge in [0.25, 0.3) is 0 Å². The molecule has 0 amide bonds. The van der Waals surface area contributed by atoms with Crippen LogP contribution in [0.15, 0.2) is 12.1 Å². The lowest BCUT2D eigenvalue weighted by Gasteiger charge is -2.34. The molecule has 0 aliphatic carbocycles. The summed E-state index contributed by atoms with van der Waals surface area (Å²) < 4.78 is 0. The van der Waals surface area contributed by atoms with Gasteiger partial charge in [-0.05, 0) is 78.2 Å². The Labute approximate surface area is 122 Å². The molecule has 3 heteroatoms. The highest BCUT2D eigenvalue weighted by Gasteiger charge is 2.23. The van der Waals surface area contributed by atoms with Gasteiger partial charge in [-0.1, -0.05) is 0 Å². The maximum absolute atomic E-state index is 3.81. The quantitative estimate of drug-likeness (QED) is 0.890. The molecule has 0 spiro atoms. The highest BCUT2D eigenvalue weighted by atomic mass is 32.1. The summed E-state index contributed by atoms with van der Waals surface area (Å²) in [5.74, 6) is 0.851. The Kier molecular flexibility index (Phi) is 5.43. The lowest BCUT2D eigenvalue weighted by atomic mass is 9.90. The molecule has 2 heterocycles. The van der Waals surface area contributed by atoms with E-state index in [4.69, 9.17) is 0 Å². The van der Waals surface area contributed by atoms with Crippen molar-refractivity contribution in [2.75, 3.05) is 20.1 Å². The van der Waals surface area contributed by atoms with Crippen molar-refractivity contribution in [2.24, 2.45) is 5.92 Å². The maximum Gasteiger partial charge on any atom is 0.00896 e. The summed E-state index contributed by atoms with van der Waals surface area (Å²) in [5, 5.41) is 3.81. The molecule has 2 nitrogen and oxygen atoms in total. The second-order valence-electron chi connectivity index (χ2n) is 6.21. The van der Waals surface area contributed by atoms with E-state index < -0.39 is 0 Å². The summed E-state index contributed by atoms with van der Waals surface area (Å²) in [6.07, 6.45) is 3.85. The third kappa shape index (κ3) is 4.59. The van der Waals surface area contributed by atoms with Crippen LogP contribution in [0.3, 0.4) is 0 Å². The molecule has 1 aromatic heterocycles. The lowest BCUT2D eigenvalue weighted by molar-refractivity contribution is 0.185. The summed E-state index contributed by atoms with van der Waals surface area (Å²) in [4.78, 5) is 5.37. The number of piperidine rings is 1. The van der Waals surface area contributed by atoms with Gasteiger partial charge in [0.2, 0.25) is 0 Å². The number of likely N-dealkylation sites (tertiary alicyclic amines) is 1. The van der Waals surface area contributed by atoms with Crippen molar-refractivity contribution >= 4 is 11.3 Å². The van der Waals surface area contributed by atoms with Gasteiger partial charge < -0.3 is 10.2 Å². The molecule has 1 N–H and O–H groups in total. The second-order valence-corrected chi connectivity index (χ2v) is 7.59. The molecule has 0 radical (unpaired) electrons. The van der Waals surface area contributed by atoms with E-state index >= 15 is 0 Å². The predicted molar refractivity (Wildman–Crippen MR) is 85.0 cm³/mol. The smallest absolute Gasteiger partial charge is 0.00896 e. The number of hydrogen-bond donors (Lipinski definition) is 1. The standard InChI is InChI=1S/C16H28N2S/c1-12(11-16-6-5-13(2)19-16)17-14(3)15-7-9-18(4)10-8-15/h5-6,12,14-15,17H,7-11H2,1-4H3. The molecule has 108 valence electrons. The van der Waals surface area contributed by atoms with Gasteiger partial charge in [-0.25, -0.2) is 0 Å². The fourth-order valence-electron chi connectivity index (χ4n) is 3.07. The minimum absolute atomic E-state index is 0.577. The fraction of sp³-hybridized carbons (Fsp3) is 0.750. The second kappa shape index (κ2) is 6.87. The van der Waals surface area contributed by atoms with Gasteiger partial charge in [0.05, 0.1) is 0 Å². The van der Waals surface area contributed by atoms with Crippen LogP contribution >= 0.6 is 11.3 Å². The first-order chi connectivity index (χ1) is 9.04. The van der Waals surface area contributed by atoms with E-state index in [2.05, 4.69) is 50.2 Å². The van der Waals surface area contributed by atoms with Crippen LogP contribution in [-0.4, -0.2) is 37.1 Å². The highest BCUT2D eigenvalue weighted by Crippen LogP contribution is 2.21. The normalized spacial score (nSPS) is 21.5. The van der Waals surface area contributed by atoms with Gasteiger partial charge in [-0.2, -0.15) is 0 Å². The topological polar surface area (TPSA) is 15.3 Å². The van der Waals surface area contributed by atoms with Crippen LogP contribution < -0.4 is 5.32 Å². The molecule has 1 aromatic rings. The van der Waals surface area contributed by atoms with Gasteiger partial charge in [-0.3, -0.25) is 0 Å². The Bertz CT molecular complexity index is 380. The van der Waals surface area contributed by atoms with Crippen LogP contribution in [0.4, 0.5) is 0 Å². The third-order valence-electron chi connectivity index (χ3n) is 4.32. The third-order valence-corrected chi connectivity index (χ3v) is 5.34. The zero-order valence-electron chi connectivity index (χ0n) is 12.8. The van der Waals surface area contributed by atoms with Crippen molar-refractivity contribution in [1.29, 1.82) is 0 Å². The van der Waals surface area contributed by atoms with Crippen molar-refractivity contribution in [3.05, 3.63) is 21.9 Å². The minimum Gasteiger partial charge on any atom is -0.311 e. The molecule has 19 heavy (non-hydrogen) atoms. The molecule has 1 aliphatic rings. The van der Waals surface area contributed by atoms with Crippen LogP contribution in [0.2, 0.25) is 0 Å². The van der Waals surface area contributed by atoms with Crippen LogP contribution in [0, 0.1) is 12.8 Å². The first-order valence-corrected chi connectivity index (χ1v) is 8.36. The van der Waals surface area contributed by atoms with Gasteiger partial charge in [0.1, 0.15) is 0 Å². The van der Waals surface area contributed by atoms with Crippen LogP contribution in [0.25, 0.3) is 0 Å². The van der Waals surface area contributed by atoms with E-state index in [0.717, 1.165) is 12.3 Å². The van der Waals surface area contributed by atoms with Crippen LogP contribution in [-0.2, 0) is 6.42 Å². The van der Waals surface area contributed by atoms with E-state index in [1.165, 1.54) is 35.7 Å². The number of hydrogen-bond acceptors (Lipinski definition) is 3. The number of thiophene rings is 1. The van der Waals surface area contributed by atoms with Gasteiger partial charge in [-0.15, -0.1) is 11.3 Å². The zero-order chi connectivity index (χ0) is 13.8. The molecule has 1 saturated heterocycles. The van der Waals surface area contributed by atoms with E-state index in [1.54, 1.807) is 0 Å². The van der Waals surface area contributed by atoms with E-state index in [0.29, 0.717) is 12.1 Å². The van der Waals surface area contributed by atoms with Gasteiger partial charge in [0, 0.05) is 21.8 Å². The van der Waals surface area contributed by atoms with Crippen molar-refractivity contribution in [1.82, 2.24) is 10.2 Å². The summed E-state index contributed by atoms with van der Waals surface area (Å²) >= 11 is 1.93. The molecule has 0 bridgehead atoms. The van der Waals surface area contributed by atoms with Crippen LogP contribution in [0.1, 0.15) is 36.4 Å². The van der Waals surface area contributed by atoms with E-state index in [9.17, 15) is 0 Å². The molecular weight excluding hydrogens is 252 g/mol. The van der Waals surface area contributed by atoms with Crippen molar-refractivity contribution in [3.8, 4) is 0 Å². The summed E-state index contributed by atoms with van der Waals surface area (Å²) in [5.41, 5.74) is 0. The number of aryl methyl sites for hydroxylation is 1. The number of nitrogens with one attached hydrogen (secondary N) is 1. The van der Waals surface area contributed by atoms with Crippen LogP contribution in [0.5, 0.6) is 0 Å². The molecule has 2 unspecified atom stereocenters. The Morgan fingerprint density at radius 3 is 2.58 bits per heavy atom. The maximum atomic E-state index is 3.81. The Morgan fingerprint density at radius 1 is 1.32 bits per heavy atom. The Balaban J connectivity index is 1.76. The summed E-state index contributed by atoms with van der Waals surface area (Å²) in [6, 6.07) is 5.73. The molecule has 1 aliphatic heterocycles. The SMILES string of the molecule is Cc1ccc(CC(C)NC(C)C2CCN(C)CC2)s1. The average Bonchev–Trinajstić information content (AvgIpc) is 2.75. The van der Waals surface area contributed by atoms with E-state index in [-0.39, 0.29) is 0 Å². The molecule has 2 rings (SSSR count). The summed E-state index contributed by atoms with van der Waals surface area (Å²) in [7, 11) is 2.23. The molecule has 1 fully saturated rings. The van der Waals surface area contributed by atoms with Gasteiger partial charge in [0.15, 0.2) is 0 Å². The zero-order valence-corrected chi connectivity index (χ0v) is 13.6. The fourth-order valence-corrected chi connectivity index (χ4v) is 4.09. The predicted octanol–water partition coefficient (Wildman–Crippen LogP) is 3.31. The molecular formula is C16H28N2S. The molecule has 2 atom stereocenters. The number of rotatable bonds is 5. The average molecular weight is 280 g/mol. The van der Waals surface area contributed by atoms with Crippen molar-refractivity contribution < 1.29 is 0 Å². The lowest BCUT2D eigenvalue weighted by Crippen LogP contribution is -2.44. The first kappa shape index (κ1) is 15.0. The van der Waals surface area contributed by atoms with Gasteiger partial charge >= 0.3 is 0 Å². The highest BCUT2D eigenvalue weighted by molar-refractivity contribution is 7.11. The Hall–Kier alpha value is -0.380. The minimum atomic E-state index is 0.577.